The highest BCUT2D eigenvalue weighted by Crippen LogP contribution is 2.32. The lowest BCUT2D eigenvalue weighted by Crippen LogP contribution is -2.26. The van der Waals surface area contributed by atoms with Gasteiger partial charge in [-0.2, -0.15) is 0 Å². The lowest BCUT2D eigenvalue weighted by atomic mass is 10.0. The first-order valence-corrected chi connectivity index (χ1v) is 19.2. The number of hydrogen-bond donors (Lipinski definition) is 2. The van der Waals surface area contributed by atoms with Gasteiger partial charge in [-0.25, -0.2) is 9.97 Å². The molecule has 2 heterocycles. The van der Waals surface area contributed by atoms with Gasteiger partial charge in [-0.05, 0) is 57.4 Å². The number of nitrogens with one attached hydrogen (secondary N) is 2. The van der Waals surface area contributed by atoms with Gasteiger partial charge in [-0.1, -0.05) is 146 Å². The van der Waals surface area contributed by atoms with Gasteiger partial charge in [0, 0.05) is 30.4 Å². The van der Waals surface area contributed by atoms with E-state index in [9.17, 15) is 0 Å². The van der Waals surface area contributed by atoms with Crippen LogP contribution in [0, 0.1) is 0 Å². The fraction of sp³-hybridized carbons (Fsp3) is 0.619. The molecule has 47 heavy (non-hydrogen) atoms. The van der Waals surface area contributed by atoms with Crippen LogP contribution >= 0.6 is 0 Å². The summed E-state index contributed by atoms with van der Waals surface area (Å²) in [6, 6.07) is 17.7. The fourth-order valence-electron chi connectivity index (χ4n) is 6.64. The molecule has 0 radical (unpaired) electrons. The molecule has 0 atom stereocenters. The van der Waals surface area contributed by atoms with Crippen molar-refractivity contribution in [1.29, 1.82) is 0 Å². The zero-order chi connectivity index (χ0) is 33.3. The summed E-state index contributed by atoms with van der Waals surface area (Å²) in [7, 11) is 0. The Kier molecular flexibility index (Phi) is 15.5. The van der Waals surface area contributed by atoms with Crippen molar-refractivity contribution in [3.05, 3.63) is 65.5 Å². The Morgan fingerprint density at radius 3 is 1.83 bits per heavy atom. The minimum absolute atomic E-state index is 0.105. The number of benzene rings is 2. The van der Waals surface area contributed by atoms with E-state index in [4.69, 9.17) is 9.97 Å². The summed E-state index contributed by atoms with van der Waals surface area (Å²) >= 11 is 0. The molecule has 258 valence electrons. The predicted octanol–water partition coefficient (Wildman–Crippen LogP) is 11.8. The second-order valence-corrected chi connectivity index (χ2v) is 14.9. The Morgan fingerprint density at radius 2 is 1.21 bits per heavy atom. The van der Waals surface area contributed by atoms with Crippen molar-refractivity contribution in [2.24, 2.45) is 0 Å². The molecule has 0 amide bonds. The molecule has 0 fully saturated rings. The van der Waals surface area contributed by atoms with Crippen molar-refractivity contribution in [2.45, 2.75) is 162 Å². The normalized spacial score (nSPS) is 12.0. The number of nitrogens with zero attached hydrogens (tertiary/aromatic N) is 3. The van der Waals surface area contributed by atoms with Crippen LogP contribution in [0.15, 0.2) is 48.5 Å². The van der Waals surface area contributed by atoms with E-state index in [1.165, 1.54) is 112 Å². The second kappa shape index (κ2) is 19.8. The van der Waals surface area contributed by atoms with Crippen LogP contribution in [0.5, 0.6) is 0 Å². The van der Waals surface area contributed by atoms with Crippen molar-refractivity contribution >= 4 is 27.8 Å². The molecule has 0 unspecified atom stereocenters. The molecular weight excluding hydrogens is 574 g/mol. The van der Waals surface area contributed by atoms with Gasteiger partial charge >= 0.3 is 0 Å². The molecule has 0 saturated carbocycles. The molecule has 0 saturated heterocycles. The molecule has 5 heteroatoms. The van der Waals surface area contributed by atoms with Gasteiger partial charge in [0.1, 0.15) is 11.3 Å². The first kappa shape index (κ1) is 36.9. The topological polar surface area (TPSA) is 54.8 Å². The summed E-state index contributed by atoms with van der Waals surface area (Å²) in [6.45, 7) is 13.9. The Morgan fingerprint density at radius 1 is 0.638 bits per heavy atom. The van der Waals surface area contributed by atoms with Gasteiger partial charge < -0.3 is 15.2 Å². The van der Waals surface area contributed by atoms with Crippen molar-refractivity contribution in [2.75, 3.05) is 11.9 Å². The number of aromatic nitrogens is 3. The van der Waals surface area contributed by atoms with Crippen LogP contribution in [0.25, 0.3) is 21.9 Å². The highest BCUT2D eigenvalue weighted by molar-refractivity contribution is 6.07. The van der Waals surface area contributed by atoms with Gasteiger partial charge in [0.25, 0.3) is 0 Å². The number of para-hydroxylation sites is 1. The van der Waals surface area contributed by atoms with Crippen molar-refractivity contribution in [1.82, 2.24) is 19.9 Å². The summed E-state index contributed by atoms with van der Waals surface area (Å²) in [6.07, 6.45) is 23.0. The second-order valence-electron chi connectivity index (χ2n) is 14.9. The summed E-state index contributed by atoms with van der Waals surface area (Å²) < 4.78 is 2.45. The Labute approximate surface area is 286 Å². The third-order valence-corrected chi connectivity index (χ3v) is 9.31. The van der Waals surface area contributed by atoms with E-state index in [1.54, 1.807) is 0 Å². The number of imidazole rings is 1. The zero-order valence-corrected chi connectivity index (χ0v) is 30.6. The van der Waals surface area contributed by atoms with Crippen LogP contribution < -0.4 is 10.6 Å². The number of unbranched alkanes of at least 4 members (excludes halogenated alkanes) is 14. The SMILES string of the molecule is CCCCCCCCCCCCCCCCNCc1ccc(Cn2c(CCCC)nc3c(NC(C)(C)C)nc4ccccc4c32)cc1. The molecule has 0 aliphatic rings. The monoisotopic (exact) mass is 640 g/mol. The quantitative estimate of drug-likeness (QED) is 0.0793. The summed E-state index contributed by atoms with van der Waals surface area (Å²) in [5.41, 5.74) is 5.74. The predicted molar refractivity (Wildman–Crippen MR) is 205 cm³/mol. The molecule has 4 rings (SSSR count). The molecule has 2 aromatic carbocycles. The van der Waals surface area contributed by atoms with E-state index in [1.807, 2.05) is 0 Å². The first-order chi connectivity index (χ1) is 22.9. The molecule has 2 N–H and O–H groups in total. The lowest BCUT2D eigenvalue weighted by Gasteiger charge is -2.22. The Hall–Kier alpha value is -2.92. The maximum Gasteiger partial charge on any atom is 0.155 e. The average Bonchev–Trinajstić information content (AvgIpc) is 3.42. The van der Waals surface area contributed by atoms with E-state index < -0.39 is 0 Å². The molecule has 4 aromatic rings. The number of hydrogen-bond acceptors (Lipinski definition) is 4. The van der Waals surface area contributed by atoms with Crippen molar-refractivity contribution in [3.63, 3.8) is 0 Å². The standard InChI is InChI=1S/C42H65N5/c1-6-8-10-11-12-13-14-15-16-17-18-19-20-23-31-43-32-34-27-29-35(30-28-34)33-47-38(26-9-7-2)45-39-40(47)36-24-21-22-25-37(36)44-41(39)46-42(3,4)5/h21-22,24-25,27-30,43H,6-20,23,26,31-33H2,1-5H3,(H,44,46). The molecule has 5 nitrogen and oxygen atoms in total. The average molecular weight is 640 g/mol. The number of rotatable bonds is 23. The van der Waals surface area contributed by atoms with E-state index >= 15 is 0 Å². The van der Waals surface area contributed by atoms with E-state index in [0.717, 1.165) is 61.6 Å². The largest absolute Gasteiger partial charge is 0.364 e. The van der Waals surface area contributed by atoms with Crippen LogP contribution in [0.3, 0.4) is 0 Å². The van der Waals surface area contributed by atoms with Gasteiger partial charge in [-0.3, -0.25) is 0 Å². The molecule has 0 spiro atoms. The molecular formula is C42H65N5. The first-order valence-electron chi connectivity index (χ1n) is 19.2. The van der Waals surface area contributed by atoms with Crippen LogP contribution in [0.1, 0.15) is 154 Å². The van der Waals surface area contributed by atoms with Crippen molar-refractivity contribution in [3.8, 4) is 0 Å². The lowest BCUT2D eigenvalue weighted by molar-refractivity contribution is 0.529. The summed E-state index contributed by atoms with van der Waals surface area (Å²) in [5, 5.41) is 8.50. The number of aryl methyl sites for hydroxylation is 1. The van der Waals surface area contributed by atoms with Crippen LogP contribution in [0.4, 0.5) is 5.82 Å². The maximum absolute atomic E-state index is 5.23. The third-order valence-electron chi connectivity index (χ3n) is 9.31. The van der Waals surface area contributed by atoms with Gasteiger partial charge in [0.15, 0.2) is 5.82 Å². The minimum atomic E-state index is -0.105. The van der Waals surface area contributed by atoms with E-state index in [0.29, 0.717) is 0 Å². The van der Waals surface area contributed by atoms with Gasteiger partial charge in [-0.15, -0.1) is 0 Å². The van der Waals surface area contributed by atoms with Gasteiger partial charge in [0.2, 0.25) is 0 Å². The molecule has 2 aromatic heterocycles. The molecule has 0 bridgehead atoms. The fourth-order valence-corrected chi connectivity index (χ4v) is 6.64. The molecule has 0 aliphatic heterocycles. The Balaban J connectivity index is 1.25. The van der Waals surface area contributed by atoms with Gasteiger partial charge in [0.05, 0.1) is 11.0 Å². The molecule has 0 aliphatic carbocycles. The zero-order valence-electron chi connectivity index (χ0n) is 30.6. The smallest absolute Gasteiger partial charge is 0.155 e. The van der Waals surface area contributed by atoms with Crippen molar-refractivity contribution < 1.29 is 0 Å². The van der Waals surface area contributed by atoms with Crippen LogP contribution in [-0.2, 0) is 19.5 Å². The van der Waals surface area contributed by atoms with Crippen LogP contribution in [0.2, 0.25) is 0 Å². The highest BCUT2D eigenvalue weighted by atomic mass is 15.1. The third kappa shape index (κ3) is 12.2. The van der Waals surface area contributed by atoms with E-state index in [2.05, 4.69) is 98.4 Å². The minimum Gasteiger partial charge on any atom is -0.364 e. The Bertz CT molecular complexity index is 1450. The highest BCUT2D eigenvalue weighted by Gasteiger charge is 2.21. The summed E-state index contributed by atoms with van der Waals surface area (Å²) in [5.74, 6) is 2.03. The number of fused-ring (bicyclic) bond motifs is 3. The van der Waals surface area contributed by atoms with E-state index in [-0.39, 0.29) is 5.54 Å². The van der Waals surface area contributed by atoms with Crippen LogP contribution in [-0.4, -0.2) is 26.6 Å². The maximum atomic E-state index is 5.23. The summed E-state index contributed by atoms with van der Waals surface area (Å²) in [4.78, 5) is 10.3. The number of anilines is 1. The number of pyridine rings is 1.